The molecule has 0 fully saturated rings. The number of rotatable bonds is 7. The number of pyridine rings is 1. The third-order valence-electron chi connectivity index (χ3n) is 4.81. The number of amides is 1. The second-order valence-electron chi connectivity index (χ2n) is 6.38. The van der Waals surface area contributed by atoms with Gasteiger partial charge in [-0.2, -0.15) is 0 Å². The Balaban J connectivity index is 2.46. The summed E-state index contributed by atoms with van der Waals surface area (Å²) >= 11 is 0. The van der Waals surface area contributed by atoms with Crippen LogP contribution in [0.1, 0.15) is 42.7 Å². The molecule has 0 radical (unpaired) electrons. The van der Waals surface area contributed by atoms with E-state index in [0.717, 1.165) is 5.56 Å². The summed E-state index contributed by atoms with van der Waals surface area (Å²) in [5, 5.41) is 19.8. The third kappa shape index (κ3) is 4.19. The highest BCUT2D eigenvalue weighted by atomic mass is 16.5. The molecule has 2 N–H and O–H groups in total. The maximum atomic E-state index is 13.1. The molecule has 3 unspecified atom stereocenters. The van der Waals surface area contributed by atoms with Crippen LogP contribution in [-0.2, 0) is 4.79 Å². The lowest BCUT2D eigenvalue weighted by molar-refractivity contribution is -0.142. The SMILES string of the molecule is COc1ccnc(C(=O)N(C(C)C(=O)O)C(C)C(C)c2ccccc2)c1O. The van der Waals surface area contributed by atoms with Gasteiger partial charge in [0.25, 0.3) is 5.91 Å². The van der Waals surface area contributed by atoms with Crippen molar-refractivity contribution >= 4 is 11.9 Å². The molecule has 1 aromatic carbocycles. The van der Waals surface area contributed by atoms with E-state index in [0.29, 0.717) is 0 Å². The van der Waals surface area contributed by atoms with Crippen molar-refractivity contribution in [2.75, 3.05) is 7.11 Å². The maximum absolute atomic E-state index is 13.1. The van der Waals surface area contributed by atoms with Gasteiger partial charge in [0, 0.05) is 24.2 Å². The van der Waals surface area contributed by atoms with Gasteiger partial charge in [-0.15, -0.1) is 0 Å². The van der Waals surface area contributed by atoms with E-state index in [1.165, 1.54) is 31.2 Å². The quantitative estimate of drug-likeness (QED) is 0.775. The molecule has 0 saturated carbocycles. The second-order valence-corrected chi connectivity index (χ2v) is 6.38. The number of nitrogens with zero attached hydrogens (tertiary/aromatic N) is 2. The van der Waals surface area contributed by atoms with Crippen molar-refractivity contribution in [2.45, 2.75) is 38.8 Å². The number of aromatic hydroxyl groups is 1. The first kappa shape index (κ1) is 20.2. The van der Waals surface area contributed by atoms with Crippen molar-refractivity contribution in [3.63, 3.8) is 0 Å². The summed E-state index contributed by atoms with van der Waals surface area (Å²) in [6, 6.07) is 9.38. The Morgan fingerprint density at radius 3 is 2.30 bits per heavy atom. The molecule has 7 nitrogen and oxygen atoms in total. The molecule has 0 aliphatic carbocycles. The monoisotopic (exact) mass is 372 g/mol. The van der Waals surface area contributed by atoms with Gasteiger partial charge in [-0.05, 0) is 19.4 Å². The molecular formula is C20H24N2O5. The Kier molecular flexibility index (Phi) is 6.39. The van der Waals surface area contributed by atoms with E-state index < -0.39 is 29.7 Å². The van der Waals surface area contributed by atoms with Gasteiger partial charge in [0.1, 0.15) is 6.04 Å². The molecule has 1 amide bonds. The van der Waals surface area contributed by atoms with Crippen LogP contribution in [-0.4, -0.2) is 51.2 Å². The van der Waals surface area contributed by atoms with Crippen LogP contribution in [0.3, 0.4) is 0 Å². The van der Waals surface area contributed by atoms with E-state index in [2.05, 4.69) is 4.98 Å². The van der Waals surface area contributed by atoms with E-state index in [4.69, 9.17) is 4.74 Å². The van der Waals surface area contributed by atoms with Crippen LogP contribution in [0.4, 0.5) is 0 Å². The highest BCUT2D eigenvalue weighted by Gasteiger charge is 2.35. The van der Waals surface area contributed by atoms with Crippen molar-refractivity contribution in [3.8, 4) is 11.5 Å². The summed E-state index contributed by atoms with van der Waals surface area (Å²) in [4.78, 5) is 30.0. The van der Waals surface area contributed by atoms with Crippen LogP contribution in [0, 0.1) is 0 Å². The number of benzene rings is 1. The van der Waals surface area contributed by atoms with Gasteiger partial charge in [-0.1, -0.05) is 37.3 Å². The van der Waals surface area contributed by atoms with Crippen molar-refractivity contribution in [1.29, 1.82) is 0 Å². The number of methoxy groups -OCH3 is 1. The summed E-state index contributed by atoms with van der Waals surface area (Å²) in [5.74, 6) is -2.26. The van der Waals surface area contributed by atoms with Gasteiger partial charge < -0.3 is 19.8 Å². The van der Waals surface area contributed by atoms with Crippen LogP contribution >= 0.6 is 0 Å². The zero-order valence-corrected chi connectivity index (χ0v) is 15.8. The lowest BCUT2D eigenvalue weighted by Crippen LogP contribution is -2.50. The van der Waals surface area contributed by atoms with Crippen LogP contribution in [0.2, 0.25) is 0 Å². The van der Waals surface area contributed by atoms with Gasteiger partial charge in [0.2, 0.25) is 0 Å². The normalized spacial score (nSPS) is 14.1. The minimum absolute atomic E-state index is 0.0973. The summed E-state index contributed by atoms with van der Waals surface area (Å²) in [7, 11) is 1.36. The summed E-state index contributed by atoms with van der Waals surface area (Å²) in [5.41, 5.74) is 0.734. The molecule has 2 rings (SSSR count). The number of carbonyl (C=O) groups excluding carboxylic acids is 1. The molecule has 0 bridgehead atoms. The molecule has 3 atom stereocenters. The van der Waals surface area contributed by atoms with Crippen LogP contribution in [0.15, 0.2) is 42.6 Å². The average molecular weight is 372 g/mol. The number of hydrogen-bond acceptors (Lipinski definition) is 5. The molecule has 2 aromatic rings. The van der Waals surface area contributed by atoms with Crippen LogP contribution in [0.5, 0.6) is 11.5 Å². The van der Waals surface area contributed by atoms with Crippen LogP contribution < -0.4 is 4.74 Å². The molecule has 27 heavy (non-hydrogen) atoms. The first-order valence-electron chi connectivity index (χ1n) is 8.62. The zero-order chi connectivity index (χ0) is 20.1. The standard InChI is InChI=1S/C20H24N2O5/c1-12(15-8-6-5-7-9-15)13(2)22(14(3)20(25)26)19(24)17-18(23)16(27-4)10-11-21-17/h5-14,23H,1-4H3,(H,25,26). The Morgan fingerprint density at radius 1 is 1.11 bits per heavy atom. The minimum atomic E-state index is -1.14. The van der Waals surface area contributed by atoms with Crippen LogP contribution in [0.25, 0.3) is 0 Å². The molecule has 0 spiro atoms. The average Bonchev–Trinajstić information content (AvgIpc) is 2.67. The number of carboxylic acids is 1. The van der Waals surface area contributed by atoms with Gasteiger partial charge in [0.15, 0.2) is 17.2 Å². The smallest absolute Gasteiger partial charge is 0.326 e. The predicted octanol–water partition coefficient (Wildman–Crippen LogP) is 2.90. The van der Waals surface area contributed by atoms with Gasteiger partial charge in [-0.3, -0.25) is 4.79 Å². The number of hydrogen-bond donors (Lipinski definition) is 2. The highest BCUT2D eigenvalue weighted by molar-refractivity contribution is 5.98. The summed E-state index contributed by atoms with van der Waals surface area (Å²) in [6.07, 6.45) is 1.33. The first-order valence-corrected chi connectivity index (χ1v) is 8.62. The molecule has 7 heteroatoms. The number of ether oxygens (including phenoxy) is 1. The molecule has 0 aliphatic heterocycles. The first-order chi connectivity index (χ1) is 12.8. The Labute approximate surface area is 158 Å². The predicted molar refractivity (Wildman–Crippen MR) is 100 cm³/mol. The molecule has 1 aromatic heterocycles. The minimum Gasteiger partial charge on any atom is -0.503 e. The number of carboxylic acid groups (broad SMARTS) is 1. The molecule has 0 saturated heterocycles. The Morgan fingerprint density at radius 2 is 1.74 bits per heavy atom. The number of aliphatic carboxylic acids is 1. The van der Waals surface area contributed by atoms with Crippen molar-refractivity contribution in [1.82, 2.24) is 9.88 Å². The van der Waals surface area contributed by atoms with Gasteiger partial charge in [0.05, 0.1) is 7.11 Å². The molecular weight excluding hydrogens is 348 g/mol. The lowest BCUT2D eigenvalue weighted by atomic mass is 9.92. The topological polar surface area (TPSA) is 100.0 Å². The van der Waals surface area contributed by atoms with Crippen molar-refractivity contribution < 1.29 is 24.5 Å². The lowest BCUT2D eigenvalue weighted by Gasteiger charge is -2.36. The van der Waals surface area contributed by atoms with Gasteiger partial charge >= 0.3 is 5.97 Å². The third-order valence-corrected chi connectivity index (χ3v) is 4.81. The summed E-state index contributed by atoms with van der Waals surface area (Å²) in [6.45, 7) is 5.14. The fourth-order valence-electron chi connectivity index (χ4n) is 2.99. The summed E-state index contributed by atoms with van der Waals surface area (Å²) < 4.78 is 5.02. The Hall–Kier alpha value is -3.09. The molecule has 1 heterocycles. The van der Waals surface area contributed by atoms with E-state index in [-0.39, 0.29) is 17.4 Å². The van der Waals surface area contributed by atoms with Crippen molar-refractivity contribution in [2.24, 2.45) is 0 Å². The highest BCUT2D eigenvalue weighted by Crippen LogP contribution is 2.31. The molecule has 144 valence electrons. The fourth-order valence-corrected chi connectivity index (χ4v) is 2.99. The van der Waals surface area contributed by atoms with E-state index >= 15 is 0 Å². The van der Waals surface area contributed by atoms with E-state index in [1.54, 1.807) is 6.92 Å². The zero-order valence-electron chi connectivity index (χ0n) is 15.8. The maximum Gasteiger partial charge on any atom is 0.326 e. The second kappa shape index (κ2) is 8.53. The molecule has 0 aliphatic rings. The Bertz CT molecular complexity index is 809. The largest absolute Gasteiger partial charge is 0.503 e. The fraction of sp³-hybridized carbons (Fsp3) is 0.350. The number of carbonyl (C=O) groups is 2. The van der Waals surface area contributed by atoms with E-state index in [1.807, 2.05) is 37.3 Å². The van der Waals surface area contributed by atoms with Crippen molar-refractivity contribution in [3.05, 3.63) is 53.9 Å². The number of aromatic nitrogens is 1. The van der Waals surface area contributed by atoms with Gasteiger partial charge in [-0.25, -0.2) is 9.78 Å². The van der Waals surface area contributed by atoms with E-state index in [9.17, 15) is 19.8 Å².